The van der Waals surface area contributed by atoms with Gasteiger partial charge in [-0.05, 0) is 43.0 Å². The number of carboxylic acid groups (broad SMARTS) is 1. The average Bonchev–Trinajstić information content (AvgIpc) is 2.47. The van der Waals surface area contributed by atoms with Gasteiger partial charge in [0.25, 0.3) is 5.91 Å². The van der Waals surface area contributed by atoms with E-state index in [1.54, 1.807) is 18.2 Å². The summed E-state index contributed by atoms with van der Waals surface area (Å²) in [4.78, 5) is 36.6. The van der Waals surface area contributed by atoms with Crippen LogP contribution in [0.2, 0.25) is 0 Å². The van der Waals surface area contributed by atoms with Gasteiger partial charge in [-0.15, -0.1) is 0 Å². The van der Waals surface area contributed by atoms with Crippen molar-refractivity contribution in [3.63, 3.8) is 0 Å². The fourth-order valence-electron chi connectivity index (χ4n) is 2.38. The summed E-state index contributed by atoms with van der Waals surface area (Å²) >= 11 is 0. The van der Waals surface area contributed by atoms with Gasteiger partial charge in [0.2, 0.25) is 5.91 Å². The molecule has 1 rings (SSSR count). The minimum Gasteiger partial charge on any atom is -0.480 e. The van der Waals surface area contributed by atoms with Crippen molar-refractivity contribution in [2.45, 2.75) is 40.5 Å². The number of carboxylic acids is 1. The van der Waals surface area contributed by atoms with Crippen molar-refractivity contribution in [2.75, 3.05) is 18.4 Å². The normalized spacial score (nSPS) is 10.5. The number of carbonyl (C=O) groups is 3. The van der Waals surface area contributed by atoms with Crippen LogP contribution < -0.4 is 5.32 Å². The van der Waals surface area contributed by atoms with Crippen molar-refractivity contribution in [3.8, 4) is 0 Å². The third-order valence-electron chi connectivity index (χ3n) is 3.45. The van der Waals surface area contributed by atoms with Gasteiger partial charge in [-0.25, -0.2) is 0 Å². The summed E-state index contributed by atoms with van der Waals surface area (Å²) in [6.45, 7) is 7.71. The van der Waals surface area contributed by atoms with Crippen LogP contribution in [-0.2, 0) is 9.59 Å². The zero-order valence-corrected chi connectivity index (χ0v) is 14.8. The molecule has 0 heterocycles. The SMILES string of the molecule is CCCN(CC(=O)O)C(=O)c1ccc(NC(=O)CC(C)C)c(C)c1. The Kier molecular flexibility index (Phi) is 7.42. The van der Waals surface area contributed by atoms with E-state index in [1.165, 1.54) is 4.90 Å². The summed E-state index contributed by atoms with van der Waals surface area (Å²) in [6.07, 6.45) is 1.12. The van der Waals surface area contributed by atoms with Crippen molar-refractivity contribution in [2.24, 2.45) is 5.92 Å². The fraction of sp³-hybridized carbons (Fsp3) is 0.500. The number of hydrogen-bond acceptors (Lipinski definition) is 3. The molecule has 2 N–H and O–H groups in total. The standard InChI is InChI=1S/C18H26N2O4/c1-5-8-20(11-17(22)23)18(24)14-6-7-15(13(4)10-14)19-16(21)9-12(2)3/h6-7,10,12H,5,8-9,11H2,1-4H3,(H,19,21)(H,22,23). The molecular weight excluding hydrogens is 308 g/mol. The summed E-state index contributed by atoms with van der Waals surface area (Å²) < 4.78 is 0. The lowest BCUT2D eigenvalue weighted by Crippen LogP contribution is -2.36. The van der Waals surface area contributed by atoms with E-state index >= 15 is 0 Å². The topological polar surface area (TPSA) is 86.7 Å². The van der Waals surface area contributed by atoms with Gasteiger partial charge >= 0.3 is 5.97 Å². The average molecular weight is 334 g/mol. The lowest BCUT2D eigenvalue weighted by Gasteiger charge is -2.20. The van der Waals surface area contributed by atoms with Crippen LogP contribution in [0.5, 0.6) is 0 Å². The van der Waals surface area contributed by atoms with Gasteiger partial charge in [0.05, 0.1) is 0 Å². The van der Waals surface area contributed by atoms with Crippen LogP contribution in [0.25, 0.3) is 0 Å². The Balaban J connectivity index is 2.90. The quantitative estimate of drug-likeness (QED) is 0.765. The highest BCUT2D eigenvalue weighted by atomic mass is 16.4. The molecule has 0 unspecified atom stereocenters. The largest absolute Gasteiger partial charge is 0.480 e. The van der Waals surface area contributed by atoms with Crippen molar-refractivity contribution >= 4 is 23.5 Å². The first-order valence-electron chi connectivity index (χ1n) is 8.16. The molecule has 132 valence electrons. The van der Waals surface area contributed by atoms with E-state index in [1.807, 2.05) is 27.7 Å². The van der Waals surface area contributed by atoms with Gasteiger partial charge in [0, 0.05) is 24.2 Å². The zero-order chi connectivity index (χ0) is 18.3. The molecule has 0 aliphatic carbocycles. The predicted octanol–water partition coefficient (Wildman–Crippen LogP) is 2.92. The Morgan fingerprint density at radius 1 is 1.25 bits per heavy atom. The second kappa shape index (κ2) is 9.05. The number of amides is 2. The van der Waals surface area contributed by atoms with E-state index in [-0.39, 0.29) is 24.3 Å². The molecule has 0 fully saturated rings. The first kappa shape index (κ1) is 19.7. The Labute approximate surface area is 142 Å². The van der Waals surface area contributed by atoms with Crippen molar-refractivity contribution in [3.05, 3.63) is 29.3 Å². The molecule has 0 aromatic heterocycles. The number of aryl methyl sites for hydroxylation is 1. The Morgan fingerprint density at radius 2 is 1.92 bits per heavy atom. The number of carbonyl (C=O) groups excluding carboxylic acids is 2. The number of aliphatic carboxylic acids is 1. The number of nitrogens with zero attached hydrogens (tertiary/aromatic N) is 1. The maximum atomic E-state index is 12.5. The van der Waals surface area contributed by atoms with Crippen LogP contribution >= 0.6 is 0 Å². The molecule has 1 aromatic rings. The Morgan fingerprint density at radius 3 is 2.42 bits per heavy atom. The molecule has 0 spiro atoms. The predicted molar refractivity (Wildman–Crippen MR) is 93.1 cm³/mol. The monoisotopic (exact) mass is 334 g/mol. The smallest absolute Gasteiger partial charge is 0.323 e. The highest BCUT2D eigenvalue weighted by Gasteiger charge is 2.18. The zero-order valence-electron chi connectivity index (χ0n) is 14.8. The lowest BCUT2D eigenvalue weighted by atomic mass is 10.1. The lowest BCUT2D eigenvalue weighted by molar-refractivity contribution is -0.137. The summed E-state index contributed by atoms with van der Waals surface area (Å²) in [7, 11) is 0. The number of benzene rings is 1. The molecule has 2 amide bonds. The van der Waals surface area contributed by atoms with Crippen LogP contribution in [-0.4, -0.2) is 40.9 Å². The Bertz CT molecular complexity index is 611. The van der Waals surface area contributed by atoms with E-state index in [0.717, 1.165) is 5.56 Å². The van der Waals surface area contributed by atoms with Crippen LogP contribution in [0.1, 0.15) is 49.5 Å². The van der Waals surface area contributed by atoms with Crippen LogP contribution in [0, 0.1) is 12.8 Å². The number of anilines is 1. The molecular formula is C18H26N2O4. The number of rotatable bonds is 8. The third-order valence-corrected chi connectivity index (χ3v) is 3.45. The van der Waals surface area contributed by atoms with Crippen molar-refractivity contribution < 1.29 is 19.5 Å². The first-order chi connectivity index (χ1) is 11.2. The summed E-state index contributed by atoms with van der Waals surface area (Å²) in [5.74, 6) is -1.15. The van der Waals surface area contributed by atoms with Crippen LogP contribution in [0.3, 0.4) is 0 Å². The molecule has 0 bridgehead atoms. The van der Waals surface area contributed by atoms with E-state index in [4.69, 9.17) is 5.11 Å². The third kappa shape index (κ3) is 6.02. The molecule has 0 aliphatic rings. The van der Waals surface area contributed by atoms with Crippen molar-refractivity contribution in [1.29, 1.82) is 0 Å². The Hall–Kier alpha value is -2.37. The molecule has 6 nitrogen and oxygen atoms in total. The van der Waals surface area contributed by atoms with Gasteiger partial charge in [-0.2, -0.15) is 0 Å². The molecule has 0 saturated heterocycles. The molecule has 0 aliphatic heterocycles. The van der Waals surface area contributed by atoms with Gasteiger partial charge in [-0.3, -0.25) is 14.4 Å². The van der Waals surface area contributed by atoms with E-state index in [2.05, 4.69) is 5.32 Å². The minimum absolute atomic E-state index is 0.0642. The fourth-order valence-corrected chi connectivity index (χ4v) is 2.38. The second-order valence-corrected chi connectivity index (χ2v) is 6.30. The van der Waals surface area contributed by atoms with Gasteiger partial charge in [0.1, 0.15) is 6.54 Å². The molecule has 24 heavy (non-hydrogen) atoms. The van der Waals surface area contributed by atoms with Crippen molar-refractivity contribution in [1.82, 2.24) is 4.90 Å². The molecule has 6 heteroatoms. The number of hydrogen-bond donors (Lipinski definition) is 2. The maximum absolute atomic E-state index is 12.5. The van der Waals surface area contributed by atoms with Crippen LogP contribution in [0.15, 0.2) is 18.2 Å². The van der Waals surface area contributed by atoms with Crippen LogP contribution in [0.4, 0.5) is 5.69 Å². The van der Waals surface area contributed by atoms with E-state index < -0.39 is 5.97 Å². The second-order valence-electron chi connectivity index (χ2n) is 6.30. The van der Waals surface area contributed by atoms with E-state index in [0.29, 0.717) is 30.6 Å². The summed E-state index contributed by atoms with van der Waals surface area (Å²) in [5.41, 5.74) is 1.85. The van der Waals surface area contributed by atoms with Gasteiger partial charge in [-0.1, -0.05) is 20.8 Å². The molecule has 0 saturated carbocycles. The van der Waals surface area contributed by atoms with Gasteiger partial charge < -0.3 is 15.3 Å². The number of nitrogens with one attached hydrogen (secondary N) is 1. The van der Waals surface area contributed by atoms with E-state index in [9.17, 15) is 14.4 Å². The highest BCUT2D eigenvalue weighted by Crippen LogP contribution is 2.19. The molecule has 0 radical (unpaired) electrons. The van der Waals surface area contributed by atoms with Gasteiger partial charge in [0.15, 0.2) is 0 Å². The molecule has 1 aromatic carbocycles. The minimum atomic E-state index is -1.04. The first-order valence-corrected chi connectivity index (χ1v) is 8.16. The summed E-state index contributed by atoms with van der Waals surface area (Å²) in [6, 6.07) is 4.98. The maximum Gasteiger partial charge on any atom is 0.323 e. The highest BCUT2D eigenvalue weighted by molar-refractivity contribution is 5.97. The molecule has 0 atom stereocenters. The summed E-state index contributed by atoms with van der Waals surface area (Å²) in [5, 5.41) is 11.8.